The number of H-pyrrole nitrogens is 1. The highest BCUT2D eigenvalue weighted by Gasteiger charge is 2.40. The van der Waals surface area contributed by atoms with Crippen LogP contribution in [0.1, 0.15) is 48.1 Å². The minimum absolute atomic E-state index is 0. The normalized spacial score (nSPS) is 21.6. The Kier molecular flexibility index (Phi) is 3.88. The summed E-state index contributed by atoms with van der Waals surface area (Å²) in [5.41, 5.74) is 5.23. The molecule has 27 heavy (non-hydrogen) atoms. The topological polar surface area (TPSA) is 58.2 Å². The van der Waals surface area contributed by atoms with Crippen molar-refractivity contribution < 1.29 is 11.0 Å². The standard InChI is InChI=1S/C22H23N3O2.H2/c1-27-20-6-2-4-14-8-10-19-16(21(14)20)5-3-11-25(19)22(26)15-7-9-17-18(12-15)24-13-23-17;/h2,4,6-7,9,12-13,16,19H,3,5,8,10-11H2,1H3,(H,23,24);1H. The SMILES string of the molecule is COc1cccc2c1C1CCCN(C(=O)c3ccc4nc[nH]c4c3)C1CC2.[HH]. The van der Waals surface area contributed by atoms with Crippen molar-refractivity contribution in [2.75, 3.05) is 13.7 Å². The van der Waals surface area contributed by atoms with Crippen LogP contribution in [0.3, 0.4) is 0 Å². The summed E-state index contributed by atoms with van der Waals surface area (Å²) in [6.45, 7) is 0.825. The van der Waals surface area contributed by atoms with Crippen molar-refractivity contribution in [1.82, 2.24) is 14.9 Å². The number of ether oxygens (including phenoxy) is 1. The smallest absolute Gasteiger partial charge is 0.254 e. The minimum Gasteiger partial charge on any atom is -0.496 e. The van der Waals surface area contributed by atoms with Gasteiger partial charge in [0.2, 0.25) is 0 Å². The number of likely N-dealkylation sites (tertiary alicyclic amines) is 1. The molecule has 2 atom stereocenters. The number of methoxy groups -OCH3 is 1. The maximum absolute atomic E-state index is 13.3. The lowest BCUT2D eigenvalue weighted by Gasteiger charge is -2.45. The van der Waals surface area contributed by atoms with Crippen LogP contribution in [-0.4, -0.2) is 40.5 Å². The Morgan fingerprint density at radius 2 is 2.22 bits per heavy atom. The van der Waals surface area contributed by atoms with E-state index in [0.717, 1.165) is 54.6 Å². The first-order chi connectivity index (χ1) is 13.3. The van der Waals surface area contributed by atoms with Crippen molar-refractivity contribution in [3.63, 3.8) is 0 Å². The average Bonchev–Trinajstić information content (AvgIpc) is 3.20. The van der Waals surface area contributed by atoms with E-state index in [9.17, 15) is 4.79 Å². The summed E-state index contributed by atoms with van der Waals surface area (Å²) in [5.74, 6) is 1.45. The van der Waals surface area contributed by atoms with Gasteiger partial charge in [-0.05, 0) is 55.5 Å². The van der Waals surface area contributed by atoms with Gasteiger partial charge >= 0.3 is 0 Å². The van der Waals surface area contributed by atoms with Crippen LogP contribution < -0.4 is 4.74 Å². The molecule has 1 amide bonds. The molecule has 140 valence electrons. The van der Waals surface area contributed by atoms with Gasteiger partial charge < -0.3 is 14.6 Å². The monoisotopic (exact) mass is 363 g/mol. The molecular weight excluding hydrogens is 338 g/mol. The van der Waals surface area contributed by atoms with E-state index < -0.39 is 0 Å². The lowest BCUT2D eigenvalue weighted by Crippen LogP contribution is -2.49. The molecule has 5 heteroatoms. The predicted molar refractivity (Wildman–Crippen MR) is 106 cm³/mol. The summed E-state index contributed by atoms with van der Waals surface area (Å²) in [6, 6.07) is 12.3. The lowest BCUT2D eigenvalue weighted by atomic mass is 9.73. The molecule has 2 heterocycles. The van der Waals surface area contributed by atoms with Crippen LogP contribution in [0.5, 0.6) is 5.75 Å². The highest BCUT2D eigenvalue weighted by atomic mass is 16.5. The quantitative estimate of drug-likeness (QED) is 0.744. The van der Waals surface area contributed by atoms with E-state index in [-0.39, 0.29) is 13.4 Å². The number of amides is 1. The Morgan fingerprint density at radius 1 is 1.30 bits per heavy atom. The van der Waals surface area contributed by atoms with E-state index >= 15 is 0 Å². The number of benzene rings is 2. The van der Waals surface area contributed by atoms with Crippen LogP contribution >= 0.6 is 0 Å². The molecule has 0 spiro atoms. The zero-order valence-corrected chi connectivity index (χ0v) is 15.4. The van der Waals surface area contributed by atoms with Crippen molar-refractivity contribution in [3.8, 4) is 5.75 Å². The summed E-state index contributed by atoms with van der Waals surface area (Å²) in [6.07, 6.45) is 5.82. The van der Waals surface area contributed by atoms with Crippen molar-refractivity contribution in [3.05, 3.63) is 59.4 Å². The zero-order chi connectivity index (χ0) is 18.4. The summed E-state index contributed by atoms with van der Waals surface area (Å²) >= 11 is 0. The van der Waals surface area contributed by atoms with Gasteiger partial charge in [-0.1, -0.05) is 12.1 Å². The maximum Gasteiger partial charge on any atom is 0.254 e. The number of nitrogens with one attached hydrogen (secondary N) is 1. The zero-order valence-electron chi connectivity index (χ0n) is 15.4. The van der Waals surface area contributed by atoms with Crippen LogP contribution in [-0.2, 0) is 6.42 Å². The van der Waals surface area contributed by atoms with Gasteiger partial charge in [-0.3, -0.25) is 4.79 Å². The largest absolute Gasteiger partial charge is 0.496 e. The number of imidazole rings is 1. The van der Waals surface area contributed by atoms with Crippen molar-refractivity contribution in [2.24, 2.45) is 0 Å². The fourth-order valence-corrected chi connectivity index (χ4v) is 4.95. The Labute approximate surface area is 159 Å². The number of carbonyl (C=O) groups excluding carboxylic acids is 1. The van der Waals surface area contributed by atoms with E-state index in [4.69, 9.17) is 4.74 Å². The molecule has 1 aliphatic heterocycles. The molecule has 0 bridgehead atoms. The first kappa shape index (κ1) is 16.4. The number of fused-ring (bicyclic) bond motifs is 4. The second-order valence-electron chi connectivity index (χ2n) is 7.52. The number of aromatic amines is 1. The Bertz CT molecular complexity index is 1000. The Hall–Kier alpha value is -2.82. The van der Waals surface area contributed by atoms with Crippen molar-refractivity contribution in [2.45, 2.75) is 37.6 Å². The van der Waals surface area contributed by atoms with Gasteiger partial charge in [0, 0.05) is 31.1 Å². The minimum atomic E-state index is 0. The van der Waals surface area contributed by atoms with Gasteiger partial charge in [-0.25, -0.2) is 4.98 Å². The van der Waals surface area contributed by atoms with E-state index in [2.05, 4.69) is 27.0 Å². The number of nitrogens with zero attached hydrogens (tertiary/aromatic N) is 2. The van der Waals surface area contributed by atoms with E-state index in [0.29, 0.717) is 5.92 Å². The molecule has 2 aromatic carbocycles. The Morgan fingerprint density at radius 3 is 3.11 bits per heavy atom. The second kappa shape index (κ2) is 6.41. The molecule has 1 aromatic heterocycles. The van der Waals surface area contributed by atoms with Crippen LogP contribution in [0.25, 0.3) is 11.0 Å². The van der Waals surface area contributed by atoms with Crippen LogP contribution in [0.2, 0.25) is 0 Å². The molecule has 1 saturated heterocycles. The first-order valence-corrected chi connectivity index (χ1v) is 9.66. The van der Waals surface area contributed by atoms with Crippen molar-refractivity contribution >= 4 is 16.9 Å². The number of aryl methyl sites for hydroxylation is 1. The van der Waals surface area contributed by atoms with E-state index in [1.54, 1.807) is 13.4 Å². The lowest BCUT2D eigenvalue weighted by molar-refractivity contribution is 0.0544. The summed E-state index contributed by atoms with van der Waals surface area (Å²) in [7, 11) is 1.74. The molecule has 5 rings (SSSR count). The van der Waals surface area contributed by atoms with Gasteiger partial charge in [0.05, 0.1) is 24.5 Å². The number of hydrogen-bond acceptors (Lipinski definition) is 3. The van der Waals surface area contributed by atoms with Gasteiger partial charge in [0.15, 0.2) is 0 Å². The third-order valence-electron chi connectivity index (χ3n) is 6.16. The van der Waals surface area contributed by atoms with Gasteiger partial charge in [0.1, 0.15) is 5.75 Å². The number of carbonyl (C=O) groups is 1. The Balaban J connectivity index is 0.00000192. The number of hydrogen-bond donors (Lipinski definition) is 1. The van der Waals surface area contributed by atoms with Crippen molar-refractivity contribution in [1.29, 1.82) is 0 Å². The number of piperidine rings is 1. The van der Waals surface area contributed by atoms with Gasteiger partial charge in [-0.15, -0.1) is 0 Å². The highest BCUT2D eigenvalue weighted by molar-refractivity contribution is 5.97. The molecule has 2 unspecified atom stereocenters. The molecule has 1 aliphatic carbocycles. The summed E-state index contributed by atoms with van der Waals surface area (Å²) < 4.78 is 5.67. The maximum atomic E-state index is 13.3. The average molecular weight is 363 g/mol. The van der Waals surface area contributed by atoms with E-state index in [1.165, 1.54) is 11.1 Å². The third kappa shape index (κ3) is 2.60. The van der Waals surface area contributed by atoms with Crippen LogP contribution in [0.15, 0.2) is 42.7 Å². The molecule has 5 nitrogen and oxygen atoms in total. The number of rotatable bonds is 2. The number of aromatic nitrogens is 2. The molecule has 1 fully saturated rings. The molecule has 2 aliphatic rings. The fourth-order valence-electron chi connectivity index (χ4n) is 4.95. The van der Waals surface area contributed by atoms with Crippen LogP contribution in [0, 0.1) is 0 Å². The third-order valence-corrected chi connectivity index (χ3v) is 6.16. The van der Waals surface area contributed by atoms with Crippen LogP contribution in [0.4, 0.5) is 0 Å². The molecule has 0 saturated carbocycles. The fraction of sp³-hybridized carbons (Fsp3) is 0.364. The molecule has 3 aromatic rings. The van der Waals surface area contributed by atoms with E-state index in [1.807, 2.05) is 24.3 Å². The second-order valence-corrected chi connectivity index (χ2v) is 7.52. The summed E-state index contributed by atoms with van der Waals surface area (Å²) in [5, 5.41) is 0. The molecule has 1 N–H and O–H groups in total. The molecule has 0 radical (unpaired) electrons. The van der Waals surface area contributed by atoms with Gasteiger partial charge in [0.25, 0.3) is 5.91 Å². The predicted octanol–water partition coefficient (Wildman–Crippen LogP) is 4.15. The summed E-state index contributed by atoms with van der Waals surface area (Å²) in [4.78, 5) is 22.8. The molecular formula is C22H25N3O2. The van der Waals surface area contributed by atoms with Gasteiger partial charge in [-0.2, -0.15) is 0 Å². The highest BCUT2D eigenvalue weighted by Crippen LogP contribution is 2.45. The first-order valence-electron chi connectivity index (χ1n) is 9.66.